The number of carboxylic acid groups (broad SMARTS) is 1. The molecule has 1 rings (SSSR count). The maximum Gasteiger partial charge on any atom is 0.328 e. The van der Waals surface area contributed by atoms with Gasteiger partial charge in [-0.1, -0.05) is 28.1 Å². The zero-order chi connectivity index (χ0) is 8.97. The van der Waals surface area contributed by atoms with Crippen LogP contribution in [0.4, 0.5) is 0 Å². The van der Waals surface area contributed by atoms with Crippen molar-refractivity contribution in [2.75, 3.05) is 0 Å². The van der Waals surface area contributed by atoms with Crippen LogP contribution >= 0.6 is 15.9 Å². The van der Waals surface area contributed by atoms with Crippen molar-refractivity contribution in [1.29, 1.82) is 0 Å². The first kappa shape index (κ1) is 9.00. The van der Waals surface area contributed by atoms with Crippen molar-refractivity contribution in [3.8, 4) is 0 Å². The predicted molar refractivity (Wildman–Crippen MR) is 50.8 cm³/mol. The van der Waals surface area contributed by atoms with E-state index in [1.54, 1.807) is 6.08 Å². The number of aliphatic carboxylic acids is 1. The number of rotatable bonds is 2. The van der Waals surface area contributed by atoms with Crippen molar-refractivity contribution in [3.63, 3.8) is 0 Å². The molecule has 1 N–H and O–H groups in total. The summed E-state index contributed by atoms with van der Waals surface area (Å²) in [6.07, 6.45) is 2.66. The molecule has 3 heteroatoms. The van der Waals surface area contributed by atoms with Crippen LogP contribution in [0.1, 0.15) is 5.56 Å². The monoisotopic (exact) mass is 226 g/mol. The summed E-state index contributed by atoms with van der Waals surface area (Å²) in [6.45, 7) is 0. The summed E-state index contributed by atoms with van der Waals surface area (Å²) >= 11 is 3.29. The summed E-state index contributed by atoms with van der Waals surface area (Å²) in [5.74, 6) is -0.932. The lowest BCUT2D eigenvalue weighted by atomic mass is 10.2. The number of carboxylic acids is 1. The first-order valence-corrected chi connectivity index (χ1v) is 4.14. The quantitative estimate of drug-likeness (QED) is 0.788. The lowest BCUT2D eigenvalue weighted by Crippen LogP contribution is -1.85. The SMILES string of the molecule is O=C(O)/C=C\c1ccc(Br)cc1. The molecule has 12 heavy (non-hydrogen) atoms. The number of halogens is 1. The van der Waals surface area contributed by atoms with Crippen molar-refractivity contribution in [3.05, 3.63) is 40.4 Å². The minimum Gasteiger partial charge on any atom is -0.478 e. The van der Waals surface area contributed by atoms with Gasteiger partial charge in [-0.25, -0.2) is 4.79 Å². The van der Waals surface area contributed by atoms with Crippen LogP contribution in [0.25, 0.3) is 6.08 Å². The molecule has 0 aromatic heterocycles. The van der Waals surface area contributed by atoms with E-state index in [-0.39, 0.29) is 0 Å². The van der Waals surface area contributed by atoms with Crippen LogP contribution in [0.5, 0.6) is 0 Å². The molecule has 0 fully saturated rings. The standard InChI is InChI=1S/C9H7BrO2/c10-8-4-1-7(2-5-8)3-6-9(11)12/h1-6H,(H,11,12)/b6-3-. The van der Waals surface area contributed by atoms with Gasteiger partial charge in [0.1, 0.15) is 0 Å². The number of carbonyl (C=O) groups is 1. The maximum atomic E-state index is 10.1. The Kier molecular flexibility index (Phi) is 3.05. The Hall–Kier alpha value is -1.09. The Morgan fingerprint density at radius 2 is 1.92 bits per heavy atom. The van der Waals surface area contributed by atoms with Crippen LogP contribution in [0.3, 0.4) is 0 Å². The van der Waals surface area contributed by atoms with Crippen molar-refractivity contribution in [2.45, 2.75) is 0 Å². The number of hydrogen-bond donors (Lipinski definition) is 1. The van der Waals surface area contributed by atoms with Gasteiger partial charge in [0.05, 0.1) is 0 Å². The van der Waals surface area contributed by atoms with Crippen LogP contribution in [0.15, 0.2) is 34.8 Å². The third-order valence-corrected chi connectivity index (χ3v) is 1.82. The third-order valence-electron chi connectivity index (χ3n) is 1.29. The average Bonchev–Trinajstić information content (AvgIpc) is 2.03. The second-order valence-corrected chi connectivity index (χ2v) is 3.14. The summed E-state index contributed by atoms with van der Waals surface area (Å²) in [7, 11) is 0. The van der Waals surface area contributed by atoms with Crippen molar-refractivity contribution in [1.82, 2.24) is 0 Å². The van der Waals surface area contributed by atoms with Gasteiger partial charge in [0.2, 0.25) is 0 Å². The van der Waals surface area contributed by atoms with Crippen molar-refractivity contribution in [2.24, 2.45) is 0 Å². The first-order chi connectivity index (χ1) is 5.68. The van der Waals surface area contributed by atoms with E-state index in [0.717, 1.165) is 16.1 Å². The van der Waals surface area contributed by atoms with E-state index >= 15 is 0 Å². The zero-order valence-corrected chi connectivity index (χ0v) is 7.78. The summed E-state index contributed by atoms with van der Waals surface area (Å²) in [5.41, 5.74) is 0.876. The van der Waals surface area contributed by atoms with Crippen LogP contribution in [0, 0.1) is 0 Å². The molecule has 0 aliphatic carbocycles. The fraction of sp³-hybridized carbons (Fsp3) is 0. The minimum absolute atomic E-state index is 0.876. The molecule has 0 spiro atoms. The van der Waals surface area contributed by atoms with Crippen LogP contribution in [-0.4, -0.2) is 11.1 Å². The highest BCUT2D eigenvalue weighted by molar-refractivity contribution is 9.10. The summed E-state index contributed by atoms with van der Waals surface area (Å²) < 4.78 is 0.981. The van der Waals surface area contributed by atoms with E-state index in [2.05, 4.69) is 15.9 Å². The van der Waals surface area contributed by atoms with Crippen LogP contribution in [0.2, 0.25) is 0 Å². The molecule has 0 amide bonds. The van der Waals surface area contributed by atoms with Gasteiger partial charge in [0.15, 0.2) is 0 Å². The van der Waals surface area contributed by atoms with E-state index in [1.165, 1.54) is 0 Å². The van der Waals surface area contributed by atoms with Crippen LogP contribution < -0.4 is 0 Å². The lowest BCUT2D eigenvalue weighted by Gasteiger charge is -1.91. The van der Waals surface area contributed by atoms with Gasteiger partial charge in [0.25, 0.3) is 0 Å². The molecule has 2 nitrogen and oxygen atoms in total. The van der Waals surface area contributed by atoms with Crippen LogP contribution in [-0.2, 0) is 4.79 Å². The Bertz CT molecular complexity index is 301. The normalized spacial score (nSPS) is 10.4. The van der Waals surface area contributed by atoms with E-state index in [9.17, 15) is 4.79 Å². The fourth-order valence-electron chi connectivity index (χ4n) is 0.741. The molecule has 0 aliphatic rings. The molecular formula is C9H7BrO2. The van der Waals surface area contributed by atoms with Gasteiger partial charge in [-0.3, -0.25) is 0 Å². The van der Waals surface area contributed by atoms with E-state index in [0.29, 0.717) is 0 Å². The predicted octanol–water partition coefficient (Wildman–Crippen LogP) is 2.55. The molecule has 0 heterocycles. The molecule has 1 aromatic carbocycles. The molecule has 0 atom stereocenters. The first-order valence-electron chi connectivity index (χ1n) is 3.35. The van der Waals surface area contributed by atoms with E-state index in [1.807, 2.05) is 24.3 Å². The molecule has 0 saturated heterocycles. The molecule has 0 aliphatic heterocycles. The zero-order valence-electron chi connectivity index (χ0n) is 6.20. The second-order valence-electron chi connectivity index (χ2n) is 2.22. The molecule has 0 unspecified atom stereocenters. The number of benzene rings is 1. The Balaban J connectivity index is 2.77. The van der Waals surface area contributed by atoms with E-state index < -0.39 is 5.97 Å². The maximum absolute atomic E-state index is 10.1. The van der Waals surface area contributed by atoms with Crippen molar-refractivity contribution >= 4 is 28.0 Å². The Morgan fingerprint density at radius 1 is 1.33 bits per heavy atom. The van der Waals surface area contributed by atoms with Gasteiger partial charge >= 0.3 is 5.97 Å². The topological polar surface area (TPSA) is 37.3 Å². The average molecular weight is 227 g/mol. The molecule has 62 valence electrons. The van der Waals surface area contributed by atoms with Crippen molar-refractivity contribution < 1.29 is 9.90 Å². The largest absolute Gasteiger partial charge is 0.478 e. The Labute approximate surface area is 78.7 Å². The number of hydrogen-bond acceptors (Lipinski definition) is 1. The Morgan fingerprint density at radius 3 is 2.42 bits per heavy atom. The van der Waals surface area contributed by atoms with Gasteiger partial charge < -0.3 is 5.11 Å². The van der Waals surface area contributed by atoms with E-state index in [4.69, 9.17) is 5.11 Å². The highest BCUT2D eigenvalue weighted by Gasteiger charge is 1.89. The molecule has 0 radical (unpaired) electrons. The highest BCUT2D eigenvalue weighted by Crippen LogP contribution is 2.11. The molecule has 0 saturated carbocycles. The highest BCUT2D eigenvalue weighted by atomic mass is 79.9. The lowest BCUT2D eigenvalue weighted by molar-refractivity contribution is -0.131. The van der Waals surface area contributed by atoms with Gasteiger partial charge in [-0.15, -0.1) is 0 Å². The smallest absolute Gasteiger partial charge is 0.328 e. The minimum atomic E-state index is -0.932. The van der Waals surface area contributed by atoms with Gasteiger partial charge in [0, 0.05) is 10.5 Å². The molecule has 0 bridgehead atoms. The third kappa shape index (κ3) is 2.88. The fourth-order valence-corrected chi connectivity index (χ4v) is 1.01. The van der Waals surface area contributed by atoms with Gasteiger partial charge in [-0.05, 0) is 23.8 Å². The second kappa shape index (κ2) is 4.07. The summed E-state index contributed by atoms with van der Waals surface area (Å²) in [4.78, 5) is 10.1. The molecule has 1 aromatic rings. The summed E-state index contributed by atoms with van der Waals surface area (Å²) in [6, 6.07) is 7.40. The summed E-state index contributed by atoms with van der Waals surface area (Å²) in [5, 5.41) is 8.33. The van der Waals surface area contributed by atoms with Gasteiger partial charge in [-0.2, -0.15) is 0 Å². The molecular weight excluding hydrogens is 220 g/mol.